The Labute approximate surface area is 146 Å². The van der Waals surface area contributed by atoms with Crippen molar-refractivity contribution in [2.45, 2.75) is 25.8 Å². The van der Waals surface area contributed by atoms with Crippen molar-refractivity contribution in [2.24, 2.45) is 5.92 Å². The zero-order valence-corrected chi connectivity index (χ0v) is 14.4. The molecule has 0 spiro atoms. The summed E-state index contributed by atoms with van der Waals surface area (Å²) in [6, 6.07) is 2.74. The third-order valence-corrected chi connectivity index (χ3v) is 4.35. The smallest absolute Gasteiger partial charge is 0.354 e. The van der Waals surface area contributed by atoms with E-state index in [9.17, 15) is 14.4 Å². The molecule has 136 valence electrons. The number of pyridine rings is 1. The van der Waals surface area contributed by atoms with Gasteiger partial charge in [-0.2, -0.15) is 0 Å². The Morgan fingerprint density at radius 1 is 1.40 bits per heavy atom. The van der Waals surface area contributed by atoms with Gasteiger partial charge in [-0.05, 0) is 31.9 Å². The summed E-state index contributed by atoms with van der Waals surface area (Å²) in [4.78, 5) is 41.4. The van der Waals surface area contributed by atoms with E-state index >= 15 is 0 Å². The highest BCUT2D eigenvalue weighted by molar-refractivity contribution is 5.97. The number of methoxy groups -OCH3 is 1. The summed E-state index contributed by atoms with van der Waals surface area (Å²) in [5.74, 6) is -1.84. The van der Waals surface area contributed by atoms with Gasteiger partial charge in [-0.25, -0.2) is 9.78 Å². The molecule has 0 bridgehead atoms. The van der Waals surface area contributed by atoms with Crippen LogP contribution in [0.15, 0.2) is 18.3 Å². The average Bonchev–Trinajstić information content (AvgIpc) is 2.61. The Morgan fingerprint density at radius 2 is 2.16 bits per heavy atom. The largest absolute Gasteiger partial charge is 0.477 e. The Hall–Kier alpha value is -2.48. The first-order valence-electron chi connectivity index (χ1n) is 8.21. The summed E-state index contributed by atoms with van der Waals surface area (Å²) in [5, 5.41) is 11.8. The number of likely N-dealkylation sites (tertiary alicyclic amines) is 1. The molecule has 2 atom stereocenters. The van der Waals surface area contributed by atoms with E-state index in [1.165, 1.54) is 18.3 Å². The molecule has 0 aromatic carbocycles. The second kappa shape index (κ2) is 8.57. The molecule has 25 heavy (non-hydrogen) atoms. The first-order valence-corrected chi connectivity index (χ1v) is 8.21. The summed E-state index contributed by atoms with van der Waals surface area (Å²) < 4.78 is 4.91. The molecule has 1 fully saturated rings. The Balaban J connectivity index is 2.08. The van der Waals surface area contributed by atoms with Gasteiger partial charge < -0.3 is 20.1 Å². The second-order valence-electron chi connectivity index (χ2n) is 6.10. The van der Waals surface area contributed by atoms with E-state index in [2.05, 4.69) is 10.3 Å². The molecular formula is C17H23N3O5. The maximum absolute atomic E-state index is 12.8. The minimum Gasteiger partial charge on any atom is -0.477 e. The van der Waals surface area contributed by atoms with E-state index in [0.717, 1.165) is 0 Å². The molecule has 2 N–H and O–H groups in total. The lowest BCUT2D eigenvalue weighted by Crippen LogP contribution is -2.49. The van der Waals surface area contributed by atoms with Crippen molar-refractivity contribution >= 4 is 17.8 Å². The fourth-order valence-electron chi connectivity index (χ4n) is 2.87. The summed E-state index contributed by atoms with van der Waals surface area (Å²) >= 11 is 0. The predicted molar refractivity (Wildman–Crippen MR) is 89.3 cm³/mol. The van der Waals surface area contributed by atoms with Gasteiger partial charge in [0.1, 0.15) is 5.69 Å². The number of aromatic nitrogens is 1. The normalized spacial score (nSPS) is 20.2. The van der Waals surface area contributed by atoms with Gasteiger partial charge in [-0.3, -0.25) is 9.59 Å². The van der Waals surface area contributed by atoms with Crippen molar-refractivity contribution in [1.82, 2.24) is 15.2 Å². The van der Waals surface area contributed by atoms with E-state index in [1.807, 2.05) is 6.92 Å². The molecule has 1 aromatic rings. The van der Waals surface area contributed by atoms with Gasteiger partial charge in [0.05, 0.1) is 12.5 Å². The van der Waals surface area contributed by atoms with Crippen LogP contribution in [0.25, 0.3) is 0 Å². The molecule has 2 heterocycles. The zero-order chi connectivity index (χ0) is 18.4. The average molecular weight is 349 g/mol. The Kier molecular flexibility index (Phi) is 6.46. The minimum absolute atomic E-state index is 0.0167. The van der Waals surface area contributed by atoms with E-state index in [1.54, 1.807) is 12.0 Å². The molecule has 2 amide bonds. The molecule has 1 saturated heterocycles. The number of carboxylic acids is 1. The van der Waals surface area contributed by atoms with Crippen molar-refractivity contribution in [1.29, 1.82) is 0 Å². The van der Waals surface area contributed by atoms with Crippen LogP contribution in [0.4, 0.5) is 0 Å². The molecule has 0 saturated carbocycles. The SMILES string of the molecule is COCCNC(=O)C1CCC(C)N(C(=O)c2ccnc(C(=O)O)c2)C1. The monoisotopic (exact) mass is 349 g/mol. The fourth-order valence-corrected chi connectivity index (χ4v) is 2.87. The number of nitrogens with one attached hydrogen (secondary N) is 1. The lowest BCUT2D eigenvalue weighted by Gasteiger charge is -2.37. The fraction of sp³-hybridized carbons (Fsp3) is 0.529. The van der Waals surface area contributed by atoms with Crippen LogP contribution >= 0.6 is 0 Å². The number of amides is 2. The molecule has 2 unspecified atom stereocenters. The van der Waals surface area contributed by atoms with E-state index < -0.39 is 5.97 Å². The van der Waals surface area contributed by atoms with Crippen LogP contribution < -0.4 is 5.32 Å². The van der Waals surface area contributed by atoms with Gasteiger partial charge in [-0.1, -0.05) is 0 Å². The highest BCUT2D eigenvalue weighted by Gasteiger charge is 2.33. The maximum Gasteiger partial charge on any atom is 0.354 e. The highest BCUT2D eigenvalue weighted by atomic mass is 16.5. The van der Waals surface area contributed by atoms with E-state index in [-0.39, 0.29) is 35.0 Å². The number of carbonyl (C=O) groups excluding carboxylic acids is 2. The molecule has 2 rings (SSSR count). The number of hydrogen-bond acceptors (Lipinski definition) is 5. The number of carbonyl (C=O) groups is 3. The molecule has 8 heteroatoms. The van der Waals surface area contributed by atoms with Crippen LogP contribution in [-0.2, 0) is 9.53 Å². The van der Waals surface area contributed by atoms with E-state index in [4.69, 9.17) is 9.84 Å². The van der Waals surface area contributed by atoms with Crippen molar-refractivity contribution in [3.63, 3.8) is 0 Å². The van der Waals surface area contributed by atoms with Crippen LogP contribution in [0.5, 0.6) is 0 Å². The molecule has 1 aromatic heterocycles. The molecule has 8 nitrogen and oxygen atoms in total. The quantitative estimate of drug-likeness (QED) is 0.735. The van der Waals surface area contributed by atoms with Crippen molar-refractivity contribution in [3.05, 3.63) is 29.6 Å². The third-order valence-electron chi connectivity index (χ3n) is 4.35. The summed E-state index contributed by atoms with van der Waals surface area (Å²) in [5.41, 5.74) is 0.0871. The molecule has 1 aliphatic heterocycles. The van der Waals surface area contributed by atoms with Crippen LogP contribution in [0.2, 0.25) is 0 Å². The van der Waals surface area contributed by atoms with Crippen molar-refractivity contribution in [2.75, 3.05) is 26.8 Å². The predicted octanol–water partition coefficient (Wildman–Crippen LogP) is 0.783. The third kappa shape index (κ3) is 4.76. The molecule has 0 aliphatic carbocycles. The number of nitrogens with zero attached hydrogens (tertiary/aromatic N) is 2. The maximum atomic E-state index is 12.8. The Morgan fingerprint density at radius 3 is 2.84 bits per heavy atom. The van der Waals surface area contributed by atoms with Crippen LogP contribution in [0.3, 0.4) is 0 Å². The van der Waals surface area contributed by atoms with Gasteiger partial charge in [0.25, 0.3) is 5.91 Å². The summed E-state index contributed by atoms with van der Waals surface area (Å²) in [6.07, 6.45) is 2.73. The van der Waals surface area contributed by atoms with Gasteiger partial charge in [0.15, 0.2) is 0 Å². The number of ether oxygens (including phenoxy) is 1. The number of rotatable bonds is 6. The Bertz CT molecular complexity index is 649. The van der Waals surface area contributed by atoms with Crippen LogP contribution in [0, 0.1) is 5.92 Å². The van der Waals surface area contributed by atoms with Crippen LogP contribution in [-0.4, -0.2) is 65.6 Å². The topological polar surface area (TPSA) is 109 Å². The lowest BCUT2D eigenvalue weighted by molar-refractivity contribution is -0.126. The number of aromatic carboxylic acids is 1. The standard InChI is InChI=1S/C17H23N3O5/c1-11-3-4-13(15(21)19-7-8-25-2)10-20(11)16(22)12-5-6-18-14(9-12)17(23)24/h5-6,9,11,13H,3-4,7-8,10H2,1-2H3,(H,19,21)(H,23,24). The number of piperidine rings is 1. The minimum atomic E-state index is -1.18. The van der Waals surface area contributed by atoms with Crippen molar-refractivity contribution < 1.29 is 24.2 Å². The second-order valence-corrected chi connectivity index (χ2v) is 6.10. The first-order chi connectivity index (χ1) is 11.9. The van der Waals surface area contributed by atoms with Crippen molar-refractivity contribution in [3.8, 4) is 0 Å². The van der Waals surface area contributed by atoms with E-state index in [0.29, 0.717) is 32.5 Å². The van der Waals surface area contributed by atoms with Crippen LogP contribution in [0.1, 0.15) is 40.6 Å². The van der Waals surface area contributed by atoms with Gasteiger partial charge >= 0.3 is 5.97 Å². The lowest BCUT2D eigenvalue weighted by atomic mass is 9.92. The molecule has 0 radical (unpaired) electrons. The summed E-state index contributed by atoms with van der Waals surface area (Å²) in [6.45, 7) is 3.11. The van der Waals surface area contributed by atoms with Gasteiger partial charge in [0.2, 0.25) is 5.91 Å². The number of hydrogen-bond donors (Lipinski definition) is 2. The summed E-state index contributed by atoms with van der Waals surface area (Å²) in [7, 11) is 1.56. The molecular weight excluding hydrogens is 326 g/mol. The number of carboxylic acid groups (broad SMARTS) is 1. The highest BCUT2D eigenvalue weighted by Crippen LogP contribution is 2.24. The molecule has 1 aliphatic rings. The zero-order valence-electron chi connectivity index (χ0n) is 14.4. The van der Waals surface area contributed by atoms with Gasteiger partial charge in [-0.15, -0.1) is 0 Å². The first kappa shape index (κ1) is 18.9. The van der Waals surface area contributed by atoms with Gasteiger partial charge in [0, 0.05) is 38.0 Å².